The second kappa shape index (κ2) is 3.89. The minimum Gasteiger partial charge on any atom is -0.378 e. The van der Waals surface area contributed by atoms with E-state index in [2.05, 4.69) is 10.6 Å². The third kappa shape index (κ3) is 1.91. The van der Waals surface area contributed by atoms with Gasteiger partial charge in [-0.1, -0.05) is 0 Å². The standard InChI is InChI=1S/C10H18N2O2S/c1-4-15-8-10(1)12-5-9(7-14-10)6-13-3-2-11-9/h11-12H,1-8H2. The molecule has 3 fully saturated rings. The van der Waals surface area contributed by atoms with Gasteiger partial charge in [-0.3, -0.25) is 5.32 Å². The van der Waals surface area contributed by atoms with Crippen LogP contribution < -0.4 is 10.6 Å². The van der Waals surface area contributed by atoms with E-state index in [1.54, 1.807) is 0 Å². The van der Waals surface area contributed by atoms with Crippen LogP contribution in [0.2, 0.25) is 0 Å². The predicted molar refractivity (Wildman–Crippen MR) is 60.2 cm³/mol. The van der Waals surface area contributed by atoms with Crippen molar-refractivity contribution in [3.63, 3.8) is 0 Å². The average molecular weight is 230 g/mol. The molecule has 0 radical (unpaired) electrons. The van der Waals surface area contributed by atoms with E-state index in [0.717, 1.165) is 45.1 Å². The van der Waals surface area contributed by atoms with Crippen molar-refractivity contribution >= 4 is 11.8 Å². The minimum absolute atomic E-state index is 0.0246. The Hall–Kier alpha value is 0.190. The molecule has 0 aromatic carbocycles. The van der Waals surface area contributed by atoms with Gasteiger partial charge in [0.15, 0.2) is 0 Å². The first kappa shape index (κ1) is 10.4. The summed E-state index contributed by atoms with van der Waals surface area (Å²) in [6, 6.07) is 0. The SMILES string of the molecule is C1COCC2(CNC3(CCSC3)OC2)N1. The fourth-order valence-electron chi connectivity index (χ4n) is 2.42. The second-order valence-electron chi connectivity index (χ2n) is 4.70. The van der Waals surface area contributed by atoms with Crippen molar-refractivity contribution < 1.29 is 9.47 Å². The van der Waals surface area contributed by atoms with Crippen molar-refractivity contribution in [2.75, 3.05) is 44.4 Å². The Bertz CT molecular complexity index is 226. The maximum absolute atomic E-state index is 6.05. The molecule has 0 aromatic heterocycles. The van der Waals surface area contributed by atoms with Gasteiger partial charge in [0, 0.05) is 18.8 Å². The first-order chi connectivity index (χ1) is 7.33. The van der Waals surface area contributed by atoms with E-state index in [0.29, 0.717) is 0 Å². The Labute approximate surface area is 94.5 Å². The van der Waals surface area contributed by atoms with E-state index in [1.165, 1.54) is 5.75 Å². The monoisotopic (exact) mass is 230 g/mol. The van der Waals surface area contributed by atoms with Gasteiger partial charge < -0.3 is 14.8 Å². The predicted octanol–water partition coefficient (Wildman–Crippen LogP) is -0.202. The molecule has 2 unspecified atom stereocenters. The molecule has 0 amide bonds. The molecule has 0 bridgehead atoms. The molecule has 3 saturated heterocycles. The first-order valence-corrected chi connectivity index (χ1v) is 6.78. The fraction of sp³-hybridized carbons (Fsp3) is 1.00. The van der Waals surface area contributed by atoms with Crippen LogP contribution in [0.5, 0.6) is 0 Å². The van der Waals surface area contributed by atoms with E-state index in [4.69, 9.17) is 9.47 Å². The number of rotatable bonds is 0. The molecular formula is C10H18N2O2S. The lowest BCUT2D eigenvalue weighted by molar-refractivity contribution is -0.137. The van der Waals surface area contributed by atoms with Gasteiger partial charge >= 0.3 is 0 Å². The third-order valence-electron chi connectivity index (χ3n) is 3.48. The van der Waals surface area contributed by atoms with Crippen LogP contribution in [-0.2, 0) is 9.47 Å². The number of hydrogen-bond donors (Lipinski definition) is 2. The number of nitrogens with one attached hydrogen (secondary N) is 2. The highest BCUT2D eigenvalue weighted by Gasteiger charge is 2.45. The zero-order valence-electron chi connectivity index (χ0n) is 8.88. The number of ether oxygens (including phenoxy) is 2. The molecule has 3 rings (SSSR count). The van der Waals surface area contributed by atoms with Gasteiger partial charge in [-0.2, -0.15) is 11.8 Å². The van der Waals surface area contributed by atoms with Crippen LogP contribution in [0.15, 0.2) is 0 Å². The molecule has 0 saturated carbocycles. The Morgan fingerprint density at radius 3 is 2.80 bits per heavy atom. The Balaban J connectivity index is 1.63. The molecule has 86 valence electrons. The summed E-state index contributed by atoms with van der Waals surface area (Å²) in [4.78, 5) is 0. The lowest BCUT2D eigenvalue weighted by atomic mass is 9.96. The maximum Gasteiger partial charge on any atom is 0.129 e. The number of thioether (sulfide) groups is 1. The van der Waals surface area contributed by atoms with E-state index in [-0.39, 0.29) is 11.3 Å². The van der Waals surface area contributed by atoms with E-state index < -0.39 is 0 Å². The van der Waals surface area contributed by atoms with Gasteiger partial charge in [-0.25, -0.2) is 0 Å². The van der Waals surface area contributed by atoms with Crippen molar-refractivity contribution in [1.82, 2.24) is 10.6 Å². The van der Waals surface area contributed by atoms with Crippen molar-refractivity contribution in [3.8, 4) is 0 Å². The number of morpholine rings is 1. The molecule has 15 heavy (non-hydrogen) atoms. The van der Waals surface area contributed by atoms with Crippen LogP contribution in [0.1, 0.15) is 6.42 Å². The minimum atomic E-state index is -0.0327. The van der Waals surface area contributed by atoms with Crippen LogP contribution in [0, 0.1) is 0 Å². The topological polar surface area (TPSA) is 42.5 Å². The lowest BCUT2D eigenvalue weighted by Crippen LogP contribution is -2.70. The van der Waals surface area contributed by atoms with Crippen molar-refractivity contribution in [2.24, 2.45) is 0 Å². The Morgan fingerprint density at radius 1 is 1.20 bits per heavy atom. The van der Waals surface area contributed by atoms with Gasteiger partial charge in [0.05, 0.1) is 25.4 Å². The molecule has 4 nitrogen and oxygen atoms in total. The summed E-state index contributed by atoms with van der Waals surface area (Å²) in [5.41, 5.74) is -0.00813. The molecule has 5 heteroatoms. The van der Waals surface area contributed by atoms with Crippen molar-refractivity contribution in [2.45, 2.75) is 17.7 Å². The van der Waals surface area contributed by atoms with Crippen LogP contribution in [0.4, 0.5) is 0 Å². The molecule has 2 spiro atoms. The van der Waals surface area contributed by atoms with Crippen LogP contribution in [0.3, 0.4) is 0 Å². The highest BCUT2D eigenvalue weighted by molar-refractivity contribution is 7.99. The molecule has 3 aliphatic rings. The number of hydrogen-bond acceptors (Lipinski definition) is 5. The second-order valence-corrected chi connectivity index (χ2v) is 5.80. The van der Waals surface area contributed by atoms with Gasteiger partial charge in [-0.15, -0.1) is 0 Å². The Kier molecular flexibility index (Phi) is 2.68. The molecule has 2 N–H and O–H groups in total. The summed E-state index contributed by atoms with van der Waals surface area (Å²) in [7, 11) is 0. The molecular weight excluding hydrogens is 212 g/mol. The van der Waals surface area contributed by atoms with Gasteiger partial charge in [0.25, 0.3) is 0 Å². The highest BCUT2D eigenvalue weighted by Crippen LogP contribution is 2.32. The van der Waals surface area contributed by atoms with E-state index in [1.807, 2.05) is 11.8 Å². The van der Waals surface area contributed by atoms with Crippen LogP contribution in [-0.4, -0.2) is 55.7 Å². The normalized spacial score (nSPS) is 46.4. The summed E-state index contributed by atoms with van der Waals surface area (Å²) in [6.07, 6.45) is 1.13. The molecule has 3 heterocycles. The van der Waals surface area contributed by atoms with Crippen molar-refractivity contribution in [1.29, 1.82) is 0 Å². The smallest absolute Gasteiger partial charge is 0.129 e. The van der Waals surface area contributed by atoms with E-state index in [9.17, 15) is 0 Å². The van der Waals surface area contributed by atoms with Crippen LogP contribution in [0.25, 0.3) is 0 Å². The van der Waals surface area contributed by atoms with Gasteiger partial charge in [-0.05, 0) is 12.2 Å². The van der Waals surface area contributed by atoms with Crippen LogP contribution >= 0.6 is 11.8 Å². The first-order valence-electron chi connectivity index (χ1n) is 5.62. The molecule has 0 aromatic rings. The summed E-state index contributed by atoms with van der Waals surface area (Å²) in [5, 5.41) is 7.09. The third-order valence-corrected chi connectivity index (χ3v) is 4.65. The fourth-order valence-corrected chi connectivity index (χ4v) is 3.70. The quantitative estimate of drug-likeness (QED) is 0.603. The maximum atomic E-state index is 6.05. The van der Waals surface area contributed by atoms with E-state index >= 15 is 0 Å². The molecule has 0 aliphatic carbocycles. The zero-order valence-corrected chi connectivity index (χ0v) is 9.70. The molecule has 3 aliphatic heterocycles. The van der Waals surface area contributed by atoms with Gasteiger partial charge in [0.2, 0.25) is 0 Å². The average Bonchev–Trinajstić information content (AvgIpc) is 2.74. The molecule has 2 atom stereocenters. The van der Waals surface area contributed by atoms with Crippen molar-refractivity contribution in [3.05, 3.63) is 0 Å². The Morgan fingerprint density at radius 2 is 2.20 bits per heavy atom. The summed E-state index contributed by atoms with van der Waals surface area (Å²) >= 11 is 1.98. The lowest BCUT2D eigenvalue weighted by Gasteiger charge is -2.47. The summed E-state index contributed by atoms with van der Waals surface area (Å²) in [6.45, 7) is 4.27. The zero-order chi connectivity index (χ0) is 10.2. The summed E-state index contributed by atoms with van der Waals surface area (Å²) in [5.74, 6) is 2.30. The largest absolute Gasteiger partial charge is 0.378 e. The van der Waals surface area contributed by atoms with Gasteiger partial charge in [0.1, 0.15) is 5.72 Å². The highest BCUT2D eigenvalue weighted by atomic mass is 32.2. The summed E-state index contributed by atoms with van der Waals surface area (Å²) < 4.78 is 11.6.